The molecule has 136 valence electrons. The standard InChI is InChI=1S/C16H24FO6P/c1-3-21-24(19,22-4-2)12-6-5-11-20-15-9-7-14(8-10-15)13-16(18)23-17/h7-10H,3-6,11-13H2,1-2H3. The molecule has 1 rings (SSSR count). The number of rotatable bonds is 12. The first-order valence-corrected chi connectivity index (χ1v) is 9.67. The van der Waals surface area contributed by atoms with Crippen molar-refractivity contribution in [1.29, 1.82) is 0 Å². The van der Waals surface area contributed by atoms with E-state index in [0.717, 1.165) is 0 Å². The Morgan fingerprint density at radius 3 is 2.25 bits per heavy atom. The Morgan fingerprint density at radius 1 is 1.08 bits per heavy atom. The normalized spacial score (nSPS) is 11.3. The Bertz CT molecular complexity index is 524. The lowest BCUT2D eigenvalue weighted by Crippen LogP contribution is -2.04. The second-order valence-corrected chi connectivity index (χ2v) is 7.18. The molecule has 0 heterocycles. The van der Waals surface area contributed by atoms with E-state index in [4.69, 9.17) is 13.8 Å². The first-order chi connectivity index (χ1) is 11.5. The Kier molecular flexibility index (Phi) is 9.60. The van der Waals surface area contributed by atoms with Gasteiger partial charge in [-0.05, 0) is 44.4 Å². The Labute approximate surface area is 141 Å². The lowest BCUT2D eigenvalue weighted by Gasteiger charge is -2.16. The molecule has 0 atom stereocenters. The number of hydrogen-bond donors (Lipinski definition) is 0. The fraction of sp³-hybridized carbons (Fsp3) is 0.562. The predicted molar refractivity (Wildman–Crippen MR) is 87.8 cm³/mol. The van der Waals surface area contributed by atoms with Crippen LogP contribution in [0, 0.1) is 0 Å². The minimum atomic E-state index is -2.98. The number of halogens is 1. The van der Waals surface area contributed by atoms with Crippen LogP contribution in [0.3, 0.4) is 0 Å². The van der Waals surface area contributed by atoms with Gasteiger partial charge in [-0.2, -0.15) is 0 Å². The number of hydrogen-bond acceptors (Lipinski definition) is 6. The van der Waals surface area contributed by atoms with E-state index in [9.17, 15) is 13.9 Å². The zero-order valence-corrected chi connectivity index (χ0v) is 14.9. The minimum Gasteiger partial charge on any atom is -0.494 e. The summed E-state index contributed by atoms with van der Waals surface area (Å²) in [5.74, 6) is -0.290. The smallest absolute Gasteiger partial charge is 0.353 e. The molecular weight excluding hydrogens is 338 g/mol. The lowest BCUT2D eigenvalue weighted by atomic mass is 10.1. The van der Waals surface area contributed by atoms with Gasteiger partial charge in [0, 0.05) is 4.53 Å². The maximum atomic E-state index is 12.2. The van der Waals surface area contributed by atoms with Gasteiger partial charge in [-0.1, -0.05) is 12.1 Å². The zero-order valence-electron chi connectivity index (χ0n) is 14.0. The number of unbranched alkanes of at least 4 members (excludes halogenated alkanes) is 1. The average molecular weight is 362 g/mol. The number of carbonyl (C=O) groups excluding carboxylic acids is 1. The summed E-state index contributed by atoms with van der Waals surface area (Å²) in [6.45, 7) is 4.74. The molecule has 0 unspecified atom stereocenters. The summed E-state index contributed by atoms with van der Waals surface area (Å²) in [6, 6.07) is 6.74. The van der Waals surface area contributed by atoms with Crippen LogP contribution in [0.1, 0.15) is 32.3 Å². The third-order valence-corrected chi connectivity index (χ3v) is 5.27. The number of carbonyl (C=O) groups is 1. The van der Waals surface area contributed by atoms with Crippen molar-refractivity contribution in [1.82, 2.24) is 0 Å². The summed E-state index contributed by atoms with van der Waals surface area (Å²) >= 11 is 0. The molecule has 0 fully saturated rings. The van der Waals surface area contributed by atoms with E-state index < -0.39 is 13.6 Å². The van der Waals surface area contributed by atoms with Crippen LogP contribution >= 0.6 is 7.60 Å². The summed E-state index contributed by atoms with van der Waals surface area (Å²) in [5, 5.41) is 0. The molecular formula is C16H24FO6P. The largest absolute Gasteiger partial charge is 0.494 e. The molecule has 0 bridgehead atoms. The SMILES string of the molecule is CCOP(=O)(CCCCOc1ccc(CC(=O)OF)cc1)OCC. The predicted octanol–water partition coefficient (Wildman–Crippen LogP) is 4.08. The van der Waals surface area contributed by atoms with E-state index in [-0.39, 0.29) is 6.42 Å². The maximum Gasteiger partial charge on any atom is 0.353 e. The fourth-order valence-corrected chi connectivity index (χ4v) is 3.79. The van der Waals surface area contributed by atoms with E-state index >= 15 is 0 Å². The highest BCUT2D eigenvalue weighted by Gasteiger charge is 2.22. The van der Waals surface area contributed by atoms with Crippen molar-refractivity contribution in [2.24, 2.45) is 0 Å². The van der Waals surface area contributed by atoms with Gasteiger partial charge in [0.1, 0.15) is 5.75 Å². The van der Waals surface area contributed by atoms with Crippen LogP contribution < -0.4 is 4.74 Å². The first-order valence-electron chi connectivity index (χ1n) is 7.94. The molecule has 1 aromatic rings. The Hall–Kier alpha value is -1.43. The molecule has 0 radical (unpaired) electrons. The van der Waals surface area contributed by atoms with E-state index in [1.165, 1.54) is 0 Å². The highest BCUT2D eigenvalue weighted by atomic mass is 31.2. The van der Waals surface area contributed by atoms with Crippen LogP contribution in [-0.4, -0.2) is 32.0 Å². The van der Waals surface area contributed by atoms with Gasteiger partial charge in [0.05, 0.1) is 32.4 Å². The second kappa shape index (κ2) is 11.2. The van der Waals surface area contributed by atoms with Gasteiger partial charge in [-0.15, -0.1) is 0 Å². The summed E-state index contributed by atoms with van der Waals surface area (Å²) in [7, 11) is -2.98. The highest BCUT2D eigenvalue weighted by Crippen LogP contribution is 2.48. The number of benzene rings is 1. The van der Waals surface area contributed by atoms with Crippen molar-refractivity contribution in [2.45, 2.75) is 33.1 Å². The van der Waals surface area contributed by atoms with Gasteiger partial charge in [0.25, 0.3) is 0 Å². The summed E-state index contributed by atoms with van der Waals surface area (Å²) in [4.78, 5) is 13.9. The van der Waals surface area contributed by atoms with Crippen LogP contribution in [0.15, 0.2) is 24.3 Å². The minimum absolute atomic E-state index is 0.124. The highest BCUT2D eigenvalue weighted by molar-refractivity contribution is 7.53. The molecule has 1 aromatic carbocycles. The molecule has 0 aromatic heterocycles. The van der Waals surface area contributed by atoms with Crippen LogP contribution in [-0.2, 0) is 29.8 Å². The quantitative estimate of drug-likeness (QED) is 0.412. The Morgan fingerprint density at radius 2 is 1.71 bits per heavy atom. The second-order valence-electron chi connectivity index (χ2n) is 5.00. The summed E-state index contributed by atoms with van der Waals surface area (Å²) < 4.78 is 39.9. The van der Waals surface area contributed by atoms with Crippen LogP contribution in [0.5, 0.6) is 5.75 Å². The molecule has 0 aliphatic heterocycles. The molecule has 0 aliphatic carbocycles. The average Bonchev–Trinajstić information content (AvgIpc) is 2.56. The molecule has 8 heteroatoms. The molecule has 0 N–H and O–H groups in total. The van der Waals surface area contributed by atoms with Crippen molar-refractivity contribution < 1.29 is 32.6 Å². The summed E-state index contributed by atoms with van der Waals surface area (Å²) in [5.41, 5.74) is 0.638. The van der Waals surface area contributed by atoms with Crippen molar-refractivity contribution in [3.8, 4) is 5.75 Å². The van der Waals surface area contributed by atoms with Crippen molar-refractivity contribution >= 4 is 13.6 Å². The molecule has 0 amide bonds. The monoisotopic (exact) mass is 362 g/mol. The zero-order chi connectivity index (χ0) is 17.8. The van der Waals surface area contributed by atoms with E-state index in [1.54, 1.807) is 38.1 Å². The molecule has 24 heavy (non-hydrogen) atoms. The lowest BCUT2D eigenvalue weighted by molar-refractivity contribution is -0.182. The third-order valence-electron chi connectivity index (χ3n) is 3.10. The van der Waals surface area contributed by atoms with E-state index in [0.29, 0.717) is 50.1 Å². The van der Waals surface area contributed by atoms with Crippen LogP contribution in [0.25, 0.3) is 0 Å². The van der Waals surface area contributed by atoms with Gasteiger partial charge in [0.15, 0.2) is 0 Å². The molecule has 0 spiro atoms. The third kappa shape index (κ3) is 7.90. The Balaban J connectivity index is 2.29. The van der Waals surface area contributed by atoms with Gasteiger partial charge in [0.2, 0.25) is 0 Å². The molecule has 0 saturated heterocycles. The topological polar surface area (TPSA) is 71.1 Å². The summed E-state index contributed by atoms with van der Waals surface area (Å²) in [6.07, 6.45) is 1.61. The van der Waals surface area contributed by atoms with Crippen molar-refractivity contribution in [3.05, 3.63) is 29.8 Å². The van der Waals surface area contributed by atoms with Gasteiger partial charge >= 0.3 is 13.6 Å². The van der Waals surface area contributed by atoms with Crippen LogP contribution in [0.2, 0.25) is 0 Å². The van der Waals surface area contributed by atoms with Crippen molar-refractivity contribution in [2.75, 3.05) is 26.0 Å². The number of ether oxygens (including phenoxy) is 1. The van der Waals surface area contributed by atoms with Crippen molar-refractivity contribution in [3.63, 3.8) is 0 Å². The molecule has 0 aliphatic rings. The fourth-order valence-electron chi connectivity index (χ4n) is 2.05. The van der Waals surface area contributed by atoms with Crippen LogP contribution in [0.4, 0.5) is 4.53 Å². The molecule has 6 nitrogen and oxygen atoms in total. The van der Waals surface area contributed by atoms with E-state index in [2.05, 4.69) is 4.94 Å². The van der Waals surface area contributed by atoms with Gasteiger partial charge in [-0.3, -0.25) is 9.51 Å². The molecule has 0 saturated carbocycles. The maximum absolute atomic E-state index is 12.2. The van der Waals surface area contributed by atoms with Gasteiger partial charge < -0.3 is 13.8 Å². The van der Waals surface area contributed by atoms with Gasteiger partial charge in [-0.25, -0.2) is 4.79 Å². The van der Waals surface area contributed by atoms with E-state index in [1.807, 2.05) is 0 Å². The first kappa shape index (κ1) is 20.6.